The molecule has 2 aromatic rings. The average Bonchev–Trinajstić information content (AvgIpc) is 2.32. The summed E-state index contributed by atoms with van der Waals surface area (Å²) in [6.07, 6.45) is 3.41. The lowest BCUT2D eigenvalue weighted by atomic mass is 10.2. The zero-order chi connectivity index (χ0) is 12.3. The molecule has 2 aromatic heterocycles. The van der Waals surface area contributed by atoms with Crippen molar-refractivity contribution in [1.82, 2.24) is 9.97 Å². The topological polar surface area (TPSA) is 51.8 Å². The molecule has 0 atom stereocenters. The summed E-state index contributed by atoms with van der Waals surface area (Å²) in [5.74, 6) is 0. The smallest absolute Gasteiger partial charge is 0.107 e. The molecule has 0 saturated carbocycles. The van der Waals surface area contributed by atoms with E-state index in [-0.39, 0.29) is 0 Å². The van der Waals surface area contributed by atoms with Crippen LogP contribution in [0, 0.1) is 6.92 Å². The number of halogens is 1. The molecule has 0 radical (unpaired) electrons. The number of hydrogen-bond acceptors (Lipinski definition) is 4. The van der Waals surface area contributed by atoms with Crippen LogP contribution in [0.3, 0.4) is 0 Å². The quantitative estimate of drug-likeness (QED) is 0.927. The number of nitrogens with two attached hydrogens (primary N) is 1. The lowest BCUT2D eigenvalue weighted by Gasteiger charge is -2.08. The average molecular weight is 266 g/mol. The van der Waals surface area contributed by atoms with Gasteiger partial charge in [-0.2, -0.15) is 0 Å². The van der Waals surface area contributed by atoms with Gasteiger partial charge in [0.25, 0.3) is 0 Å². The maximum absolute atomic E-state index is 5.79. The fraction of sp³-hybridized carbons (Fsp3) is 0.167. The summed E-state index contributed by atoms with van der Waals surface area (Å²) >= 11 is 7.29. The van der Waals surface area contributed by atoms with Crippen LogP contribution >= 0.6 is 23.4 Å². The van der Waals surface area contributed by atoms with Crippen LogP contribution in [0.25, 0.3) is 0 Å². The van der Waals surface area contributed by atoms with E-state index in [0.29, 0.717) is 11.6 Å². The van der Waals surface area contributed by atoms with Crippen molar-refractivity contribution in [3.05, 3.63) is 46.7 Å². The van der Waals surface area contributed by atoms with Gasteiger partial charge >= 0.3 is 0 Å². The number of aromatic nitrogens is 2. The first-order valence-corrected chi connectivity index (χ1v) is 6.34. The highest BCUT2D eigenvalue weighted by Crippen LogP contribution is 2.28. The number of nitrogens with zero attached hydrogens (tertiary/aromatic N) is 2. The van der Waals surface area contributed by atoms with Crippen molar-refractivity contribution >= 4 is 23.4 Å². The Hall–Kier alpha value is -1.10. The Morgan fingerprint density at radius 1 is 1.29 bits per heavy atom. The molecular formula is C12H12ClN3S. The summed E-state index contributed by atoms with van der Waals surface area (Å²) in [5, 5.41) is 2.40. The van der Waals surface area contributed by atoms with Crippen LogP contribution in [0.5, 0.6) is 0 Å². The Kier molecular flexibility index (Phi) is 3.99. The molecule has 0 aliphatic carbocycles. The Balaban J connectivity index is 2.29. The lowest BCUT2D eigenvalue weighted by molar-refractivity contribution is 0.940. The molecule has 0 spiro atoms. The van der Waals surface area contributed by atoms with Gasteiger partial charge in [0.2, 0.25) is 0 Å². The predicted molar refractivity (Wildman–Crippen MR) is 70.2 cm³/mol. The van der Waals surface area contributed by atoms with E-state index in [0.717, 1.165) is 21.2 Å². The first-order valence-electron chi connectivity index (χ1n) is 5.14. The Morgan fingerprint density at radius 3 is 2.76 bits per heavy atom. The molecule has 0 saturated heterocycles. The fourth-order valence-corrected chi connectivity index (χ4v) is 2.45. The zero-order valence-corrected chi connectivity index (χ0v) is 10.9. The van der Waals surface area contributed by atoms with Gasteiger partial charge in [0.15, 0.2) is 0 Å². The molecule has 2 rings (SSSR count). The Bertz CT molecular complexity index is 514. The number of aryl methyl sites for hydroxylation is 1. The first-order chi connectivity index (χ1) is 8.20. The largest absolute Gasteiger partial charge is 0.326 e. The fourth-order valence-electron chi connectivity index (χ4n) is 1.42. The minimum absolute atomic E-state index is 0.482. The molecule has 3 nitrogen and oxygen atoms in total. The van der Waals surface area contributed by atoms with Crippen molar-refractivity contribution < 1.29 is 0 Å². The van der Waals surface area contributed by atoms with Crippen molar-refractivity contribution in [1.29, 1.82) is 0 Å². The standard InChI is InChI=1S/C12H12ClN3S/c1-8-4-5-15-12(10(8)6-14)17-11-3-2-9(13)7-16-11/h2-5,7H,6,14H2,1H3. The summed E-state index contributed by atoms with van der Waals surface area (Å²) in [6.45, 7) is 2.51. The van der Waals surface area contributed by atoms with Gasteiger partial charge in [-0.3, -0.25) is 0 Å². The van der Waals surface area contributed by atoms with Gasteiger partial charge in [0.1, 0.15) is 10.1 Å². The second-order valence-electron chi connectivity index (χ2n) is 3.53. The minimum Gasteiger partial charge on any atom is -0.326 e. The summed E-state index contributed by atoms with van der Waals surface area (Å²) in [5.41, 5.74) is 7.95. The van der Waals surface area contributed by atoms with Gasteiger partial charge in [0, 0.05) is 24.5 Å². The van der Waals surface area contributed by atoms with Gasteiger partial charge in [0.05, 0.1) is 5.02 Å². The Morgan fingerprint density at radius 2 is 2.12 bits per heavy atom. The van der Waals surface area contributed by atoms with E-state index >= 15 is 0 Å². The monoisotopic (exact) mass is 265 g/mol. The van der Waals surface area contributed by atoms with Gasteiger partial charge < -0.3 is 5.73 Å². The van der Waals surface area contributed by atoms with Crippen LogP contribution in [0.15, 0.2) is 40.6 Å². The van der Waals surface area contributed by atoms with Crippen molar-refractivity contribution in [2.24, 2.45) is 5.73 Å². The van der Waals surface area contributed by atoms with E-state index in [2.05, 4.69) is 9.97 Å². The zero-order valence-electron chi connectivity index (χ0n) is 9.35. The van der Waals surface area contributed by atoms with E-state index in [1.54, 1.807) is 12.4 Å². The molecular weight excluding hydrogens is 254 g/mol. The Labute approximate surface area is 109 Å². The lowest BCUT2D eigenvalue weighted by Crippen LogP contribution is -2.02. The van der Waals surface area contributed by atoms with Gasteiger partial charge in [-0.1, -0.05) is 11.6 Å². The first kappa shape index (κ1) is 12.4. The summed E-state index contributed by atoms with van der Waals surface area (Å²) in [6, 6.07) is 5.65. The van der Waals surface area contributed by atoms with Crippen LogP contribution in [-0.2, 0) is 6.54 Å². The number of pyridine rings is 2. The van der Waals surface area contributed by atoms with Crippen molar-refractivity contribution in [2.75, 3.05) is 0 Å². The number of hydrogen-bond donors (Lipinski definition) is 1. The molecule has 0 aromatic carbocycles. The second kappa shape index (κ2) is 5.49. The van der Waals surface area contributed by atoms with E-state index in [9.17, 15) is 0 Å². The number of rotatable bonds is 3. The van der Waals surface area contributed by atoms with Crippen LogP contribution in [-0.4, -0.2) is 9.97 Å². The van der Waals surface area contributed by atoms with Gasteiger partial charge in [-0.25, -0.2) is 9.97 Å². The van der Waals surface area contributed by atoms with Crippen molar-refractivity contribution in [3.63, 3.8) is 0 Å². The molecule has 2 N–H and O–H groups in total. The minimum atomic E-state index is 0.482. The van der Waals surface area contributed by atoms with Crippen molar-refractivity contribution in [2.45, 2.75) is 23.5 Å². The third-order valence-corrected chi connectivity index (χ3v) is 3.58. The molecule has 0 amide bonds. The maximum Gasteiger partial charge on any atom is 0.107 e. The van der Waals surface area contributed by atoms with Crippen LogP contribution in [0.1, 0.15) is 11.1 Å². The summed E-state index contributed by atoms with van der Waals surface area (Å²) < 4.78 is 0. The second-order valence-corrected chi connectivity index (χ2v) is 4.98. The molecule has 0 aliphatic rings. The summed E-state index contributed by atoms with van der Waals surface area (Å²) in [4.78, 5) is 8.57. The highest BCUT2D eigenvalue weighted by atomic mass is 35.5. The molecule has 2 heterocycles. The predicted octanol–water partition coefficient (Wildman–Crippen LogP) is 3.05. The van der Waals surface area contributed by atoms with Gasteiger partial charge in [-0.05, 0) is 42.4 Å². The van der Waals surface area contributed by atoms with Crippen LogP contribution in [0.2, 0.25) is 5.02 Å². The molecule has 5 heteroatoms. The molecule has 0 unspecified atom stereocenters. The third kappa shape index (κ3) is 2.97. The SMILES string of the molecule is Cc1ccnc(Sc2ccc(Cl)cn2)c1CN. The van der Waals surface area contributed by atoms with E-state index in [4.69, 9.17) is 17.3 Å². The molecule has 0 bridgehead atoms. The molecule has 17 heavy (non-hydrogen) atoms. The molecule has 88 valence electrons. The van der Waals surface area contributed by atoms with E-state index < -0.39 is 0 Å². The van der Waals surface area contributed by atoms with Crippen molar-refractivity contribution in [3.8, 4) is 0 Å². The third-order valence-electron chi connectivity index (χ3n) is 2.36. The highest BCUT2D eigenvalue weighted by Gasteiger charge is 2.08. The molecule has 0 fully saturated rings. The molecule has 0 aliphatic heterocycles. The maximum atomic E-state index is 5.79. The van der Waals surface area contributed by atoms with Crippen LogP contribution < -0.4 is 5.73 Å². The van der Waals surface area contributed by atoms with E-state index in [1.165, 1.54) is 11.8 Å². The van der Waals surface area contributed by atoms with Gasteiger partial charge in [-0.15, -0.1) is 0 Å². The highest BCUT2D eigenvalue weighted by molar-refractivity contribution is 7.99. The normalized spacial score (nSPS) is 10.5. The summed E-state index contributed by atoms with van der Waals surface area (Å²) in [7, 11) is 0. The van der Waals surface area contributed by atoms with E-state index in [1.807, 2.05) is 25.1 Å². The van der Waals surface area contributed by atoms with Crippen LogP contribution in [0.4, 0.5) is 0 Å².